The Labute approximate surface area is 221 Å². The highest BCUT2D eigenvalue weighted by molar-refractivity contribution is 7.13. The number of carboxylic acid groups (broad SMARTS) is 1. The first-order valence-electron chi connectivity index (χ1n) is 12.8. The molecule has 0 unspecified atom stereocenters. The lowest BCUT2D eigenvalue weighted by Gasteiger charge is -2.30. The lowest BCUT2D eigenvalue weighted by Crippen LogP contribution is -2.36. The second-order valence-corrected chi connectivity index (χ2v) is 10.5. The van der Waals surface area contributed by atoms with E-state index in [4.69, 9.17) is 5.11 Å². The summed E-state index contributed by atoms with van der Waals surface area (Å²) in [4.78, 5) is 26.6. The Morgan fingerprint density at radius 3 is 2.51 bits per heavy atom. The van der Waals surface area contributed by atoms with Gasteiger partial charge in [0, 0.05) is 23.1 Å². The third-order valence-corrected chi connectivity index (χ3v) is 8.00. The fraction of sp³-hybridized carbons (Fsp3) is 0.258. The molecule has 5 nitrogen and oxygen atoms in total. The predicted octanol–water partition coefficient (Wildman–Crippen LogP) is 7.48. The number of aliphatic carboxylic acids is 1. The van der Waals surface area contributed by atoms with Crippen molar-refractivity contribution in [2.24, 2.45) is 5.92 Å². The zero-order valence-corrected chi connectivity index (χ0v) is 21.7. The molecule has 3 aromatic carbocycles. The maximum absolute atomic E-state index is 13.7. The molecule has 0 aliphatic heterocycles. The predicted molar refractivity (Wildman–Crippen MR) is 151 cm³/mol. The van der Waals surface area contributed by atoms with Gasteiger partial charge >= 0.3 is 5.97 Å². The molecule has 6 heteroatoms. The Balaban J connectivity index is 1.42. The minimum atomic E-state index is -0.995. The molecule has 0 saturated heterocycles. The fourth-order valence-corrected chi connectivity index (χ4v) is 5.89. The zero-order valence-electron chi connectivity index (χ0n) is 20.9. The number of amides is 1. The van der Waals surface area contributed by atoms with Gasteiger partial charge in [-0.05, 0) is 77.8 Å². The molecular formula is C31H30N2O3S. The highest BCUT2D eigenvalue weighted by Gasteiger charge is 2.27. The molecule has 188 valence electrons. The Morgan fingerprint density at radius 2 is 1.76 bits per heavy atom. The van der Waals surface area contributed by atoms with Crippen molar-refractivity contribution < 1.29 is 14.7 Å². The number of hydrogen-bond acceptors (Lipinski definition) is 4. The summed E-state index contributed by atoms with van der Waals surface area (Å²) >= 11 is 1.52. The number of aromatic nitrogens is 1. The SMILES string of the molecule is Cc1nsc2cc(-c3ccc(CN(C(=O)C4CCCCC4)c4cccc(C=CC(=O)O)c4)cc3)ccc12. The number of hydrogen-bond donors (Lipinski definition) is 1. The highest BCUT2D eigenvalue weighted by Crippen LogP contribution is 2.31. The van der Waals surface area contributed by atoms with E-state index in [0.717, 1.165) is 65.4 Å². The van der Waals surface area contributed by atoms with Crippen LogP contribution in [-0.2, 0) is 16.1 Å². The molecule has 1 aromatic heterocycles. The molecule has 0 atom stereocenters. The molecule has 1 saturated carbocycles. The second-order valence-electron chi connectivity index (χ2n) is 9.70. The maximum atomic E-state index is 13.7. The van der Waals surface area contributed by atoms with Crippen molar-refractivity contribution in [3.8, 4) is 11.1 Å². The van der Waals surface area contributed by atoms with Crippen LogP contribution in [0.2, 0.25) is 0 Å². The summed E-state index contributed by atoms with van der Waals surface area (Å²) in [5, 5.41) is 10.2. The van der Waals surface area contributed by atoms with Gasteiger partial charge in [0.05, 0.1) is 16.9 Å². The molecule has 1 aliphatic carbocycles. The maximum Gasteiger partial charge on any atom is 0.328 e. The van der Waals surface area contributed by atoms with Crippen LogP contribution in [0.4, 0.5) is 5.69 Å². The molecule has 0 radical (unpaired) electrons. The van der Waals surface area contributed by atoms with Crippen molar-refractivity contribution in [2.45, 2.75) is 45.6 Å². The summed E-state index contributed by atoms with van der Waals surface area (Å²) in [6.07, 6.45) is 7.89. The van der Waals surface area contributed by atoms with Gasteiger partial charge in [-0.3, -0.25) is 4.79 Å². The van der Waals surface area contributed by atoms with Crippen LogP contribution < -0.4 is 4.90 Å². The first kappa shape index (κ1) is 24.9. The van der Waals surface area contributed by atoms with Crippen LogP contribution in [0.3, 0.4) is 0 Å². The minimum Gasteiger partial charge on any atom is -0.478 e. The van der Waals surface area contributed by atoms with Gasteiger partial charge in [-0.25, -0.2) is 4.79 Å². The van der Waals surface area contributed by atoms with Crippen LogP contribution in [0.1, 0.15) is 48.9 Å². The zero-order chi connectivity index (χ0) is 25.8. The molecule has 0 spiro atoms. The third-order valence-electron chi connectivity index (χ3n) is 7.10. The lowest BCUT2D eigenvalue weighted by molar-refractivity contribution is -0.131. The lowest BCUT2D eigenvalue weighted by atomic mass is 9.88. The number of benzene rings is 3. The fourth-order valence-electron chi connectivity index (χ4n) is 5.06. The number of carbonyl (C=O) groups excluding carboxylic acids is 1. The Kier molecular flexibility index (Phi) is 7.47. The van der Waals surface area contributed by atoms with E-state index < -0.39 is 5.97 Å². The molecule has 37 heavy (non-hydrogen) atoms. The summed E-state index contributed by atoms with van der Waals surface area (Å²) in [7, 11) is 0. The molecule has 1 heterocycles. The standard InChI is InChI=1S/C31H30N2O3S/c1-21-28-16-15-26(19-29(28)37-32-21)24-13-10-23(11-14-24)20-33(31(36)25-7-3-2-4-8-25)27-9-5-6-22(18-27)12-17-30(34)35/h5-6,9-19,25H,2-4,7-8,20H2,1H3,(H,34,35). The summed E-state index contributed by atoms with van der Waals surface area (Å²) in [6.45, 7) is 2.50. The second kappa shape index (κ2) is 11.1. The normalized spacial score (nSPS) is 14.3. The highest BCUT2D eigenvalue weighted by atomic mass is 32.1. The van der Waals surface area contributed by atoms with E-state index in [1.807, 2.05) is 36.1 Å². The van der Waals surface area contributed by atoms with E-state index in [9.17, 15) is 9.59 Å². The number of nitrogens with zero attached hydrogens (tertiary/aromatic N) is 2. The third kappa shape index (κ3) is 5.81. The Morgan fingerprint density at radius 1 is 1.00 bits per heavy atom. The monoisotopic (exact) mass is 510 g/mol. The number of carboxylic acids is 1. The van der Waals surface area contributed by atoms with Gasteiger partial charge in [0.2, 0.25) is 5.91 Å². The van der Waals surface area contributed by atoms with Crippen LogP contribution in [-0.4, -0.2) is 21.4 Å². The molecule has 1 aliphatic rings. The van der Waals surface area contributed by atoms with Crippen molar-refractivity contribution in [3.63, 3.8) is 0 Å². The first-order chi connectivity index (χ1) is 18.0. The smallest absolute Gasteiger partial charge is 0.328 e. The summed E-state index contributed by atoms with van der Waals surface area (Å²) in [5.41, 5.74) is 5.93. The van der Waals surface area contributed by atoms with Gasteiger partial charge in [0.1, 0.15) is 0 Å². The van der Waals surface area contributed by atoms with E-state index >= 15 is 0 Å². The van der Waals surface area contributed by atoms with Crippen molar-refractivity contribution >= 4 is 45.3 Å². The van der Waals surface area contributed by atoms with Crippen molar-refractivity contribution in [3.05, 3.63) is 89.6 Å². The average molecular weight is 511 g/mol. The topological polar surface area (TPSA) is 70.5 Å². The summed E-state index contributed by atoms with van der Waals surface area (Å²) in [6, 6.07) is 22.4. The summed E-state index contributed by atoms with van der Waals surface area (Å²) < 4.78 is 5.64. The molecule has 1 N–H and O–H groups in total. The van der Waals surface area contributed by atoms with E-state index in [2.05, 4.69) is 46.8 Å². The van der Waals surface area contributed by atoms with Crippen molar-refractivity contribution in [2.75, 3.05) is 4.90 Å². The van der Waals surface area contributed by atoms with Crippen molar-refractivity contribution in [1.82, 2.24) is 4.37 Å². The van der Waals surface area contributed by atoms with Crippen LogP contribution in [0.15, 0.2) is 72.8 Å². The summed E-state index contributed by atoms with van der Waals surface area (Å²) in [5.74, 6) is -0.819. The van der Waals surface area contributed by atoms with Gasteiger partial charge < -0.3 is 10.0 Å². The van der Waals surface area contributed by atoms with Gasteiger partial charge in [-0.15, -0.1) is 0 Å². The van der Waals surface area contributed by atoms with E-state index in [1.165, 1.54) is 28.0 Å². The largest absolute Gasteiger partial charge is 0.478 e. The number of aryl methyl sites for hydroxylation is 1. The van der Waals surface area contributed by atoms with E-state index in [-0.39, 0.29) is 11.8 Å². The molecular weight excluding hydrogens is 480 g/mol. The quantitative estimate of drug-likeness (QED) is 0.262. The molecule has 1 amide bonds. The molecule has 0 bridgehead atoms. The number of carbonyl (C=O) groups is 2. The minimum absolute atomic E-state index is 0.0285. The number of fused-ring (bicyclic) bond motifs is 1. The van der Waals surface area contributed by atoms with Crippen molar-refractivity contribution in [1.29, 1.82) is 0 Å². The van der Waals surface area contributed by atoms with Gasteiger partial charge in [0.15, 0.2) is 0 Å². The van der Waals surface area contributed by atoms with Crippen LogP contribution in [0.25, 0.3) is 27.3 Å². The van der Waals surface area contributed by atoms with Gasteiger partial charge in [-0.1, -0.05) is 67.8 Å². The van der Waals surface area contributed by atoms with Gasteiger partial charge in [-0.2, -0.15) is 4.37 Å². The average Bonchev–Trinajstić information content (AvgIpc) is 3.31. The van der Waals surface area contributed by atoms with Gasteiger partial charge in [0.25, 0.3) is 0 Å². The molecule has 5 rings (SSSR count). The van der Waals surface area contributed by atoms with E-state index in [0.29, 0.717) is 6.54 Å². The van der Waals surface area contributed by atoms with Crippen LogP contribution in [0.5, 0.6) is 0 Å². The van der Waals surface area contributed by atoms with E-state index in [1.54, 1.807) is 6.08 Å². The number of anilines is 1. The van der Waals surface area contributed by atoms with Crippen LogP contribution >= 0.6 is 11.5 Å². The molecule has 4 aromatic rings. The Bertz CT molecular complexity index is 1450. The number of rotatable bonds is 7. The van der Waals surface area contributed by atoms with Crippen LogP contribution in [0, 0.1) is 12.8 Å². The Hall–Kier alpha value is -3.77. The first-order valence-corrected chi connectivity index (χ1v) is 13.5. The molecule has 1 fully saturated rings.